The van der Waals surface area contributed by atoms with Crippen LogP contribution in [-0.2, 0) is 13.6 Å². The molecule has 3 rings (SSSR count). The Morgan fingerprint density at radius 3 is 2.96 bits per heavy atom. The summed E-state index contributed by atoms with van der Waals surface area (Å²) < 4.78 is 1.78. The van der Waals surface area contributed by atoms with Gasteiger partial charge in [-0.1, -0.05) is 0 Å². The van der Waals surface area contributed by atoms with Gasteiger partial charge in [-0.15, -0.1) is 11.3 Å². The maximum absolute atomic E-state index is 11.9. The molecule has 3 aromatic rings. The topological polar surface area (TPSA) is 84.7 Å². The quantitative estimate of drug-likeness (QED) is 0.771. The summed E-state index contributed by atoms with van der Waals surface area (Å²) in [6.07, 6.45) is 5.25. The summed E-state index contributed by atoms with van der Waals surface area (Å²) in [7, 11) is 1.88. The van der Waals surface area contributed by atoms with Gasteiger partial charge < -0.3 is 5.32 Å². The van der Waals surface area contributed by atoms with Crippen LogP contribution in [0.5, 0.6) is 0 Å². The van der Waals surface area contributed by atoms with Gasteiger partial charge in [0.25, 0.3) is 0 Å². The van der Waals surface area contributed by atoms with E-state index >= 15 is 0 Å². The van der Waals surface area contributed by atoms with E-state index in [0.29, 0.717) is 11.7 Å². The predicted molar refractivity (Wildman–Crippen MR) is 89.1 cm³/mol. The lowest BCUT2D eigenvalue weighted by Gasteiger charge is -2.07. The lowest BCUT2D eigenvalue weighted by molar-refractivity contribution is 0.251. The van der Waals surface area contributed by atoms with Crippen molar-refractivity contribution in [1.29, 1.82) is 0 Å². The van der Waals surface area contributed by atoms with Crippen LogP contribution in [0.4, 0.5) is 9.93 Å². The van der Waals surface area contributed by atoms with Crippen molar-refractivity contribution in [3.8, 4) is 11.3 Å². The molecule has 7 nitrogen and oxygen atoms in total. The van der Waals surface area contributed by atoms with Gasteiger partial charge in [0.2, 0.25) is 0 Å². The van der Waals surface area contributed by atoms with Crippen LogP contribution in [0, 0.1) is 6.92 Å². The number of carbonyl (C=O) groups is 1. The molecule has 3 aromatic heterocycles. The van der Waals surface area contributed by atoms with Gasteiger partial charge >= 0.3 is 6.03 Å². The van der Waals surface area contributed by atoms with E-state index in [0.717, 1.165) is 22.5 Å². The summed E-state index contributed by atoms with van der Waals surface area (Å²) >= 11 is 1.40. The number of anilines is 1. The summed E-state index contributed by atoms with van der Waals surface area (Å²) in [5.41, 5.74) is 3.73. The first-order valence-electron chi connectivity index (χ1n) is 7.01. The highest BCUT2D eigenvalue weighted by molar-refractivity contribution is 7.13. The van der Waals surface area contributed by atoms with Crippen molar-refractivity contribution in [2.24, 2.45) is 7.05 Å². The second kappa shape index (κ2) is 6.57. The Kier molecular flexibility index (Phi) is 4.33. The molecule has 0 spiro atoms. The second-order valence-electron chi connectivity index (χ2n) is 5.02. The molecule has 0 aromatic carbocycles. The summed E-state index contributed by atoms with van der Waals surface area (Å²) in [6, 6.07) is 3.62. The minimum Gasteiger partial charge on any atom is -0.334 e. The highest BCUT2D eigenvalue weighted by atomic mass is 32.1. The van der Waals surface area contributed by atoms with E-state index in [1.165, 1.54) is 11.3 Å². The molecule has 118 valence electrons. The number of rotatable bonds is 4. The van der Waals surface area contributed by atoms with Crippen molar-refractivity contribution in [3.63, 3.8) is 0 Å². The minimum atomic E-state index is -0.287. The fraction of sp³-hybridized carbons (Fsp3) is 0.200. The average Bonchev–Trinajstić information content (AvgIpc) is 3.14. The molecule has 0 aliphatic rings. The number of pyridine rings is 1. The molecule has 2 N–H and O–H groups in total. The van der Waals surface area contributed by atoms with Crippen LogP contribution in [0.25, 0.3) is 11.3 Å². The van der Waals surface area contributed by atoms with Gasteiger partial charge in [0.05, 0.1) is 11.4 Å². The minimum absolute atomic E-state index is 0.287. The van der Waals surface area contributed by atoms with E-state index in [4.69, 9.17) is 0 Å². The van der Waals surface area contributed by atoms with Crippen molar-refractivity contribution in [3.05, 3.63) is 47.4 Å². The maximum Gasteiger partial charge on any atom is 0.321 e. The first-order valence-corrected chi connectivity index (χ1v) is 7.89. The lowest BCUT2D eigenvalue weighted by Crippen LogP contribution is -2.28. The Morgan fingerprint density at radius 1 is 1.39 bits per heavy atom. The Labute approximate surface area is 137 Å². The zero-order valence-electron chi connectivity index (χ0n) is 12.8. The third-order valence-electron chi connectivity index (χ3n) is 3.20. The van der Waals surface area contributed by atoms with Crippen molar-refractivity contribution in [2.45, 2.75) is 13.5 Å². The van der Waals surface area contributed by atoms with Crippen LogP contribution in [0.2, 0.25) is 0 Å². The molecule has 3 heterocycles. The molecule has 0 saturated carbocycles. The molecule has 2 amide bonds. The van der Waals surface area contributed by atoms with Crippen LogP contribution < -0.4 is 10.6 Å². The number of aryl methyl sites for hydroxylation is 2. The van der Waals surface area contributed by atoms with E-state index in [2.05, 4.69) is 25.7 Å². The standard InChI is InChI=1S/C15H16N6OS/c1-10-9-23-15(19-10)20-14(22)17-7-11-5-12(8-16-6-11)13-3-4-18-21(13)2/h3-6,8-9H,7H2,1-2H3,(H2,17,19,20,22). The van der Waals surface area contributed by atoms with Crippen molar-refractivity contribution in [1.82, 2.24) is 25.1 Å². The van der Waals surface area contributed by atoms with Crippen LogP contribution >= 0.6 is 11.3 Å². The van der Waals surface area contributed by atoms with Gasteiger partial charge in [-0.05, 0) is 24.6 Å². The highest BCUT2D eigenvalue weighted by Gasteiger charge is 2.07. The smallest absolute Gasteiger partial charge is 0.321 e. The summed E-state index contributed by atoms with van der Waals surface area (Å²) in [5.74, 6) is 0. The average molecular weight is 328 g/mol. The molecule has 0 aliphatic carbocycles. The van der Waals surface area contributed by atoms with Crippen molar-refractivity contribution in [2.75, 3.05) is 5.32 Å². The normalized spacial score (nSPS) is 10.5. The number of nitrogens with zero attached hydrogens (tertiary/aromatic N) is 4. The van der Waals surface area contributed by atoms with Crippen LogP contribution in [-0.4, -0.2) is 25.8 Å². The van der Waals surface area contributed by atoms with Gasteiger partial charge in [0, 0.05) is 43.1 Å². The van der Waals surface area contributed by atoms with Gasteiger partial charge in [0.15, 0.2) is 5.13 Å². The zero-order valence-corrected chi connectivity index (χ0v) is 13.6. The largest absolute Gasteiger partial charge is 0.334 e. The molecule has 0 aliphatic heterocycles. The number of carbonyl (C=O) groups excluding carboxylic acids is 1. The third-order valence-corrected chi connectivity index (χ3v) is 4.08. The monoisotopic (exact) mass is 328 g/mol. The second-order valence-corrected chi connectivity index (χ2v) is 5.88. The molecule has 23 heavy (non-hydrogen) atoms. The summed E-state index contributed by atoms with van der Waals surface area (Å²) in [4.78, 5) is 20.3. The number of nitrogens with one attached hydrogen (secondary N) is 2. The SMILES string of the molecule is Cc1csc(NC(=O)NCc2cncc(-c3ccnn3C)c2)n1. The number of urea groups is 1. The van der Waals surface area contributed by atoms with E-state index in [1.54, 1.807) is 23.3 Å². The Bertz CT molecular complexity index is 825. The molecular weight excluding hydrogens is 312 g/mol. The number of amides is 2. The van der Waals surface area contributed by atoms with Crippen molar-refractivity contribution < 1.29 is 4.79 Å². The number of hydrogen-bond donors (Lipinski definition) is 2. The van der Waals surface area contributed by atoms with E-state index in [1.807, 2.05) is 31.5 Å². The fourth-order valence-corrected chi connectivity index (χ4v) is 2.80. The van der Waals surface area contributed by atoms with E-state index in [-0.39, 0.29) is 6.03 Å². The van der Waals surface area contributed by atoms with Crippen LogP contribution in [0.15, 0.2) is 36.1 Å². The summed E-state index contributed by atoms with van der Waals surface area (Å²) in [5, 5.41) is 12.1. The highest BCUT2D eigenvalue weighted by Crippen LogP contribution is 2.18. The predicted octanol–water partition coefficient (Wildman–Crippen LogP) is 2.57. The number of aromatic nitrogens is 4. The van der Waals surface area contributed by atoms with Gasteiger partial charge in [0.1, 0.15) is 0 Å². The molecule has 8 heteroatoms. The Hall–Kier alpha value is -2.74. The first kappa shape index (κ1) is 15.2. The molecule has 0 bridgehead atoms. The fourth-order valence-electron chi connectivity index (χ4n) is 2.12. The van der Waals surface area contributed by atoms with Crippen LogP contribution in [0.3, 0.4) is 0 Å². The molecule has 0 saturated heterocycles. The number of thiazole rings is 1. The summed E-state index contributed by atoms with van der Waals surface area (Å²) in [6.45, 7) is 2.27. The molecule has 0 fully saturated rings. The lowest BCUT2D eigenvalue weighted by atomic mass is 10.1. The Morgan fingerprint density at radius 2 is 2.26 bits per heavy atom. The molecule has 0 atom stereocenters. The number of hydrogen-bond acceptors (Lipinski definition) is 5. The molecular formula is C15H16N6OS. The van der Waals surface area contributed by atoms with Gasteiger partial charge in [-0.25, -0.2) is 9.78 Å². The molecule has 0 unspecified atom stereocenters. The molecule has 0 radical (unpaired) electrons. The van der Waals surface area contributed by atoms with Gasteiger partial charge in [-0.2, -0.15) is 5.10 Å². The Balaban J connectivity index is 1.62. The van der Waals surface area contributed by atoms with E-state index < -0.39 is 0 Å². The maximum atomic E-state index is 11.9. The third kappa shape index (κ3) is 3.72. The van der Waals surface area contributed by atoms with Crippen molar-refractivity contribution >= 4 is 22.5 Å². The van der Waals surface area contributed by atoms with Crippen LogP contribution in [0.1, 0.15) is 11.3 Å². The van der Waals surface area contributed by atoms with Gasteiger partial charge in [-0.3, -0.25) is 15.0 Å². The first-order chi connectivity index (χ1) is 11.1. The zero-order chi connectivity index (χ0) is 16.2. The van der Waals surface area contributed by atoms with E-state index in [9.17, 15) is 4.79 Å².